The van der Waals surface area contributed by atoms with Crippen LogP contribution in [0, 0.1) is 0 Å². The van der Waals surface area contributed by atoms with Crippen LogP contribution in [0.5, 0.6) is 0 Å². The van der Waals surface area contributed by atoms with Crippen LogP contribution < -0.4 is 10.2 Å². The monoisotopic (exact) mass is 441 g/mol. The Morgan fingerprint density at radius 1 is 0.933 bits per heavy atom. The highest BCUT2D eigenvalue weighted by molar-refractivity contribution is 6.33. The van der Waals surface area contributed by atoms with E-state index in [4.69, 9.17) is 33.2 Å². The van der Waals surface area contributed by atoms with Crippen LogP contribution in [0.2, 0.25) is 10.0 Å². The number of para-hydroxylation sites is 2. The molecule has 30 heavy (non-hydrogen) atoms. The molecule has 2 heterocycles. The van der Waals surface area contributed by atoms with Gasteiger partial charge in [0.1, 0.15) is 0 Å². The summed E-state index contributed by atoms with van der Waals surface area (Å²) in [4.78, 5) is 14.7. The smallest absolute Gasteiger partial charge is 0.172 e. The number of hydrogen-bond acceptors (Lipinski definition) is 5. The van der Waals surface area contributed by atoms with Gasteiger partial charge in [-0.25, -0.2) is 9.97 Å². The summed E-state index contributed by atoms with van der Waals surface area (Å²) in [7, 11) is 0. The summed E-state index contributed by atoms with van der Waals surface area (Å²) in [5.74, 6) is 1.91. The normalized spacial score (nSPS) is 17.5. The summed E-state index contributed by atoms with van der Waals surface area (Å²) in [5.41, 5.74) is 3.01. The molecule has 1 N–H and O–H groups in total. The minimum absolute atomic E-state index is 0.544. The minimum Gasteiger partial charge on any atom is -0.364 e. The van der Waals surface area contributed by atoms with Gasteiger partial charge < -0.3 is 10.2 Å². The number of rotatable bonds is 6. The van der Waals surface area contributed by atoms with Crippen molar-refractivity contribution >= 4 is 45.9 Å². The molecular formula is C23H25Cl2N5. The number of fused-ring (bicyclic) bond motifs is 1. The van der Waals surface area contributed by atoms with Gasteiger partial charge in [0.2, 0.25) is 0 Å². The first-order valence-electron chi connectivity index (χ1n) is 10.6. The Hall–Kier alpha value is -2.08. The molecule has 1 saturated carbocycles. The molecule has 0 bridgehead atoms. The fourth-order valence-corrected chi connectivity index (χ4v) is 4.33. The number of nitrogens with one attached hydrogen (secondary N) is 1. The van der Waals surface area contributed by atoms with Crippen LogP contribution in [-0.2, 0) is 6.42 Å². The van der Waals surface area contributed by atoms with E-state index in [0.29, 0.717) is 6.04 Å². The molecule has 2 aromatic carbocycles. The zero-order chi connectivity index (χ0) is 20.5. The SMILES string of the molecule is Clc1ccc(Cl)c(CCN2CCN(c3nc4ccccc4nc3NC3CC3)CC2)c1. The second-order valence-corrected chi connectivity index (χ2v) is 8.96. The number of nitrogens with zero attached hydrogens (tertiary/aromatic N) is 4. The number of aromatic nitrogens is 2. The Balaban J connectivity index is 1.27. The fourth-order valence-electron chi connectivity index (χ4n) is 3.93. The van der Waals surface area contributed by atoms with Crippen LogP contribution in [-0.4, -0.2) is 53.6 Å². The van der Waals surface area contributed by atoms with Crippen molar-refractivity contribution in [2.45, 2.75) is 25.3 Å². The molecule has 1 saturated heterocycles. The molecule has 0 unspecified atom stereocenters. The summed E-state index contributed by atoms with van der Waals surface area (Å²) >= 11 is 12.4. The van der Waals surface area contributed by atoms with Gasteiger partial charge in [-0.15, -0.1) is 0 Å². The summed E-state index contributed by atoms with van der Waals surface area (Å²) in [6, 6.07) is 14.3. The Labute approximate surface area is 187 Å². The van der Waals surface area contributed by atoms with Gasteiger partial charge in [-0.1, -0.05) is 35.3 Å². The lowest BCUT2D eigenvalue weighted by atomic mass is 10.1. The molecule has 1 aliphatic carbocycles. The van der Waals surface area contributed by atoms with Crippen LogP contribution in [0.4, 0.5) is 11.6 Å². The van der Waals surface area contributed by atoms with E-state index in [1.54, 1.807) is 0 Å². The highest BCUT2D eigenvalue weighted by Crippen LogP contribution is 2.31. The van der Waals surface area contributed by atoms with Crippen molar-refractivity contribution < 1.29 is 0 Å². The fraction of sp³-hybridized carbons (Fsp3) is 0.391. The summed E-state index contributed by atoms with van der Waals surface area (Å²) in [6.45, 7) is 4.85. The van der Waals surface area contributed by atoms with Crippen molar-refractivity contribution in [3.05, 3.63) is 58.1 Å². The summed E-state index contributed by atoms with van der Waals surface area (Å²) < 4.78 is 0. The van der Waals surface area contributed by atoms with Crippen molar-refractivity contribution in [3.8, 4) is 0 Å². The minimum atomic E-state index is 0.544. The van der Waals surface area contributed by atoms with E-state index in [-0.39, 0.29) is 0 Å². The van der Waals surface area contributed by atoms with Gasteiger partial charge in [0, 0.05) is 48.8 Å². The number of hydrogen-bond donors (Lipinski definition) is 1. The van der Waals surface area contributed by atoms with Crippen LogP contribution in [0.3, 0.4) is 0 Å². The number of piperazine rings is 1. The van der Waals surface area contributed by atoms with Gasteiger partial charge in [-0.3, -0.25) is 4.90 Å². The zero-order valence-corrected chi connectivity index (χ0v) is 18.3. The Morgan fingerprint density at radius 2 is 1.67 bits per heavy atom. The van der Waals surface area contributed by atoms with Crippen LogP contribution in [0.15, 0.2) is 42.5 Å². The van der Waals surface area contributed by atoms with E-state index in [9.17, 15) is 0 Å². The lowest BCUT2D eigenvalue weighted by Crippen LogP contribution is -2.47. The maximum absolute atomic E-state index is 6.32. The van der Waals surface area contributed by atoms with Gasteiger partial charge in [-0.2, -0.15) is 0 Å². The maximum Gasteiger partial charge on any atom is 0.172 e. The molecule has 2 fully saturated rings. The largest absolute Gasteiger partial charge is 0.364 e. The molecule has 7 heteroatoms. The molecule has 156 valence electrons. The van der Waals surface area contributed by atoms with E-state index >= 15 is 0 Å². The summed E-state index contributed by atoms with van der Waals surface area (Å²) in [6.07, 6.45) is 3.34. The molecular weight excluding hydrogens is 417 g/mol. The molecule has 1 aliphatic heterocycles. The second kappa shape index (κ2) is 8.58. The molecule has 0 amide bonds. The topological polar surface area (TPSA) is 44.3 Å². The first-order valence-corrected chi connectivity index (χ1v) is 11.4. The van der Waals surface area contributed by atoms with E-state index in [2.05, 4.69) is 15.1 Å². The Kier molecular flexibility index (Phi) is 5.68. The van der Waals surface area contributed by atoms with Crippen LogP contribution in [0.1, 0.15) is 18.4 Å². The first-order chi connectivity index (χ1) is 14.7. The first kappa shape index (κ1) is 19.9. The average Bonchev–Trinajstić information content (AvgIpc) is 3.58. The highest BCUT2D eigenvalue weighted by Gasteiger charge is 2.26. The van der Waals surface area contributed by atoms with E-state index in [1.807, 2.05) is 42.5 Å². The van der Waals surface area contributed by atoms with Crippen molar-refractivity contribution in [3.63, 3.8) is 0 Å². The van der Waals surface area contributed by atoms with Crippen molar-refractivity contribution in [1.82, 2.24) is 14.9 Å². The number of benzene rings is 2. The lowest BCUT2D eigenvalue weighted by Gasteiger charge is -2.36. The molecule has 0 spiro atoms. The molecule has 1 aromatic heterocycles. The van der Waals surface area contributed by atoms with Crippen LogP contribution in [0.25, 0.3) is 11.0 Å². The third-order valence-corrected chi connectivity index (χ3v) is 6.45. The van der Waals surface area contributed by atoms with Gasteiger partial charge in [0.15, 0.2) is 11.6 Å². The maximum atomic E-state index is 6.32. The van der Waals surface area contributed by atoms with E-state index in [1.165, 1.54) is 12.8 Å². The van der Waals surface area contributed by atoms with Crippen molar-refractivity contribution in [2.75, 3.05) is 42.9 Å². The molecule has 0 radical (unpaired) electrons. The quantitative estimate of drug-likeness (QED) is 0.590. The molecule has 5 rings (SSSR count). The van der Waals surface area contributed by atoms with Crippen molar-refractivity contribution in [2.24, 2.45) is 0 Å². The van der Waals surface area contributed by atoms with Gasteiger partial charge in [-0.05, 0) is 55.2 Å². The Morgan fingerprint density at radius 3 is 2.40 bits per heavy atom. The third kappa shape index (κ3) is 4.48. The molecule has 3 aromatic rings. The molecule has 5 nitrogen and oxygen atoms in total. The standard InChI is InChI=1S/C23H25Cl2N5/c24-17-5-8-19(25)16(15-17)9-10-29-11-13-30(14-12-29)23-22(26-18-6-7-18)27-20-3-1-2-4-21(20)28-23/h1-5,8,15,18H,6-7,9-14H2,(H,26,27). The predicted octanol–water partition coefficient (Wildman–Crippen LogP) is 4.88. The van der Waals surface area contributed by atoms with Gasteiger partial charge in [0.25, 0.3) is 0 Å². The zero-order valence-electron chi connectivity index (χ0n) is 16.8. The average molecular weight is 442 g/mol. The molecule has 2 aliphatic rings. The van der Waals surface area contributed by atoms with Gasteiger partial charge >= 0.3 is 0 Å². The Bertz CT molecular complexity index is 1040. The third-order valence-electron chi connectivity index (χ3n) is 5.85. The second-order valence-electron chi connectivity index (χ2n) is 8.12. The molecule has 0 atom stereocenters. The number of anilines is 2. The van der Waals surface area contributed by atoms with E-state index < -0.39 is 0 Å². The lowest BCUT2D eigenvalue weighted by molar-refractivity contribution is 0.260. The van der Waals surface area contributed by atoms with Crippen LogP contribution >= 0.6 is 23.2 Å². The van der Waals surface area contributed by atoms with Crippen molar-refractivity contribution in [1.29, 1.82) is 0 Å². The summed E-state index contributed by atoms with van der Waals surface area (Å²) in [5, 5.41) is 5.12. The van der Waals surface area contributed by atoms with E-state index in [0.717, 1.165) is 77.4 Å². The number of halogens is 2. The van der Waals surface area contributed by atoms with Gasteiger partial charge in [0.05, 0.1) is 11.0 Å². The predicted molar refractivity (Wildman–Crippen MR) is 125 cm³/mol. The highest BCUT2D eigenvalue weighted by atomic mass is 35.5.